The Hall–Kier alpha value is -2.09. The van der Waals surface area contributed by atoms with E-state index >= 15 is 0 Å². The zero-order valence-corrected chi connectivity index (χ0v) is 18.8. The number of nitrogens with zero attached hydrogens (tertiary/aromatic N) is 3. The van der Waals surface area contributed by atoms with E-state index < -0.39 is 5.97 Å². The van der Waals surface area contributed by atoms with Crippen LogP contribution in [0, 0.1) is 5.92 Å². The van der Waals surface area contributed by atoms with E-state index in [-0.39, 0.29) is 5.92 Å². The minimum Gasteiger partial charge on any atom is -0.481 e. The minimum absolute atomic E-state index is 0.286. The highest BCUT2D eigenvalue weighted by atomic mass is 35.5. The fourth-order valence-corrected chi connectivity index (χ4v) is 4.86. The second kappa shape index (κ2) is 8.96. The number of hydrogen-bond donors (Lipinski definition) is 2. The molecule has 0 spiro atoms. The van der Waals surface area contributed by atoms with Gasteiger partial charge in [0.2, 0.25) is 5.95 Å². The number of aliphatic carboxylic acids is 1. The largest absolute Gasteiger partial charge is 0.481 e. The smallest absolute Gasteiger partial charge is 0.306 e. The second-order valence-electron chi connectivity index (χ2n) is 7.36. The number of anilines is 2. The number of aromatic nitrogens is 2. The summed E-state index contributed by atoms with van der Waals surface area (Å²) in [4.78, 5) is 25.1. The number of carboxylic acid groups (broad SMARTS) is 1. The number of halogens is 2. The molecule has 0 radical (unpaired) electrons. The Bertz CT molecular complexity index is 1080. The quantitative estimate of drug-likeness (QED) is 0.503. The predicted molar refractivity (Wildman–Crippen MR) is 123 cm³/mol. The minimum atomic E-state index is -0.721. The summed E-state index contributed by atoms with van der Waals surface area (Å²) in [7, 11) is 0. The van der Waals surface area contributed by atoms with Gasteiger partial charge in [0.05, 0.1) is 21.3 Å². The van der Waals surface area contributed by atoms with E-state index in [2.05, 4.69) is 23.2 Å². The number of benzene rings is 1. The number of rotatable bonds is 6. The van der Waals surface area contributed by atoms with Crippen LogP contribution in [-0.2, 0) is 17.8 Å². The number of carbonyl (C=O) groups is 1. The van der Waals surface area contributed by atoms with Crippen LogP contribution in [0.4, 0.5) is 11.8 Å². The van der Waals surface area contributed by atoms with Crippen molar-refractivity contribution in [2.75, 3.05) is 23.3 Å². The Morgan fingerprint density at radius 2 is 2.00 bits per heavy atom. The molecular weight excluding hydrogens is 443 g/mol. The Labute approximate surface area is 188 Å². The van der Waals surface area contributed by atoms with E-state index in [1.54, 1.807) is 17.4 Å². The van der Waals surface area contributed by atoms with Crippen molar-refractivity contribution in [1.82, 2.24) is 9.97 Å². The molecule has 0 saturated carbocycles. The highest BCUT2D eigenvalue weighted by Crippen LogP contribution is 2.33. The van der Waals surface area contributed by atoms with Gasteiger partial charge in [-0.3, -0.25) is 4.79 Å². The van der Waals surface area contributed by atoms with Gasteiger partial charge in [-0.25, -0.2) is 4.98 Å². The van der Waals surface area contributed by atoms with Gasteiger partial charge in [0, 0.05) is 24.5 Å². The molecule has 6 nitrogen and oxygen atoms in total. The predicted octanol–water partition coefficient (Wildman–Crippen LogP) is 5.47. The van der Waals surface area contributed by atoms with Crippen LogP contribution in [0.1, 0.15) is 30.2 Å². The van der Waals surface area contributed by atoms with Crippen LogP contribution < -0.4 is 10.2 Å². The Morgan fingerprint density at radius 3 is 2.67 bits per heavy atom. The van der Waals surface area contributed by atoms with Gasteiger partial charge in [-0.2, -0.15) is 4.98 Å². The number of hydrogen-bond acceptors (Lipinski definition) is 6. The van der Waals surface area contributed by atoms with E-state index in [1.165, 1.54) is 4.88 Å². The van der Waals surface area contributed by atoms with Crippen molar-refractivity contribution < 1.29 is 9.90 Å². The van der Waals surface area contributed by atoms with Gasteiger partial charge < -0.3 is 15.3 Å². The molecule has 0 amide bonds. The molecule has 1 aliphatic heterocycles. The number of fused-ring (bicyclic) bond motifs is 1. The van der Waals surface area contributed by atoms with E-state index in [0.717, 1.165) is 28.0 Å². The highest BCUT2D eigenvalue weighted by Gasteiger charge is 2.26. The molecule has 3 aromatic rings. The van der Waals surface area contributed by atoms with Gasteiger partial charge in [0.15, 0.2) is 0 Å². The second-order valence-corrected chi connectivity index (χ2v) is 9.29. The molecule has 9 heteroatoms. The standard InChI is InChI=1S/C21H22Cl2N4O2S/c1-2-14-10-15-18(24-11-12-3-4-16(22)17(23)9-12)25-21(26-19(15)30-14)27-7-5-13(6-8-27)20(28)29/h3-4,9-10,13H,2,5-8,11H2,1H3,(H,28,29)(H,24,25,26). The Morgan fingerprint density at radius 1 is 1.23 bits per heavy atom. The van der Waals surface area contributed by atoms with Crippen LogP contribution in [0.5, 0.6) is 0 Å². The molecule has 1 aliphatic rings. The fourth-order valence-electron chi connectivity index (χ4n) is 3.57. The monoisotopic (exact) mass is 464 g/mol. The van der Waals surface area contributed by atoms with Crippen LogP contribution >= 0.6 is 34.5 Å². The normalized spacial score (nSPS) is 15.0. The highest BCUT2D eigenvalue weighted by molar-refractivity contribution is 7.18. The number of nitrogens with one attached hydrogen (secondary N) is 1. The van der Waals surface area contributed by atoms with Crippen LogP contribution in [0.3, 0.4) is 0 Å². The summed E-state index contributed by atoms with van der Waals surface area (Å²) in [5.74, 6) is 0.413. The zero-order chi connectivity index (χ0) is 21.3. The maximum Gasteiger partial charge on any atom is 0.306 e. The summed E-state index contributed by atoms with van der Waals surface area (Å²) in [6, 6.07) is 7.70. The lowest BCUT2D eigenvalue weighted by Crippen LogP contribution is -2.37. The molecule has 30 heavy (non-hydrogen) atoms. The van der Waals surface area contributed by atoms with Gasteiger partial charge in [-0.1, -0.05) is 36.2 Å². The third kappa shape index (κ3) is 4.48. The molecule has 0 bridgehead atoms. The lowest BCUT2D eigenvalue weighted by Gasteiger charge is -2.30. The third-order valence-corrected chi connectivity index (χ3v) is 7.26. The molecule has 0 atom stereocenters. The van der Waals surface area contributed by atoms with E-state index in [4.69, 9.17) is 33.2 Å². The van der Waals surface area contributed by atoms with Crippen LogP contribution in [0.2, 0.25) is 10.0 Å². The Kier molecular flexibility index (Phi) is 6.32. The SMILES string of the molecule is CCc1cc2c(NCc3ccc(Cl)c(Cl)c3)nc(N3CCC(C(=O)O)CC3)nc2s1. The molecule has 0 unspecified atom stereocenters. The molecule has 2 N–H and O–H groups in total. The summed E-state index contributed by atoms with van der Waals surface area (Å²) in [6.45, 7) is 3.96. The molecule has 4 rings (SSSR count). The molecule has 0 aliphatic carbocycles. The van der Waals surface area contributed by atoms with Crippen LogP contribution in [-0.4, -0.2) is 34.1 Å². The lowest BCUT2D eigenvalue weighted by atomic mass is 9.97. The van der Waals surface area contributed by atoms with Gasteiger partial charge in [-0.05, 0) is 43.0 Å². The zero-order valence-electron chi connectivity index (χ0n) is 16.5. The molecule has 158 valence electrons. The van der Waals surface area contributed by atoms with E-state index in [0.29, 0.717) is 48.5 Å². The van der Waals surface area contributed by atoms with Crippen molar-refractivity contribution in [1.29, 1.82) is 0 Å². The van der Waals surface area contributed by atoms with E-state index in [9.17, 15) is 9.90 Å². The first-order valence-corrected chi connectivity index (χ1v) is 11.5. The molecule has 2 aromatic heterocycles. The van der Waals surface area contributed by atoms with Crippen LogP contribution in [0.15, 0.2) is 24.3 Å². The van der Waals surface area contributed by atoms with Crippen molar-refractivity contribution in [3.63, 3.8) is 0 Å². The first-order valence-electron chi connectivity index (χ1n) is 9.90. The fraction of sp³-hybridized carbons (Fsp3) is 0.381. The molecular formula is C21H22Cl2N4O2S. The van der Waals surface area contributed by atoms with Crippen molar-refractivity contribution in [3.8, 4) is 0 Å². The van der Waals surface area contributed by atoms with Crippen molar-refractivity contribution in [2.45, 2.75) is 32.7 Å². The summed E-state index contributed by atoms with van der Waals surface area (Å²) >= 11 is 13.8. The van der Waals surface area contributed by atoms with Gasteiger partial charge in [-0.15, -0.1) is 11.3 Å². The maximum atomic E-state index is 11.3. The number of aryl methyl sites for hydroxylation is 1. The van der Waals surface area contributed by atoms with Gasteiger partial charge in [0.1, 0.15) is 10.6 Å². The number of thiophene rings is 1. The third-order valence-electron chi connectivity index (χ3n) is 5.35. The summed E-state index contributed by atoms with van der Waals surface area (Å²) in [5.41, 5.74) is 1.01. The molecule has 1 fully saturated rings. The summed E-state index contributed by atoms with van der Waals surface area (Å²) in [5, 5.41) is 14.7. The Balaban J connectivity index is 1.61. The molecule has 1 aromatic carbocycles. The summed E-state index contributed by atoms with van der Waals surface area (Å²) in [6.07, 6.45) is 2.15. The van der Waals surface area contributed by atoms with Crippen molar-refractivity contribution >= 4 is 62.5 Å². The number of piperidine rings is 1. The maximum absolute atomic E-state index is 11.3. The van der Waals surface area contributed by atoms with Crippen molar-refractivity contribution in [2.24, 2.45) is 5.92 Å². The molecule has 1 saturated heterocycles. The number of carboxylic acids is 1. The van der Waals surface area contributed by atoms with Crippen molar-refractivity contribution in [3.05, 3.63) is 44.8 Å². The average molecular weight is 465 g/mol. The first-order chi connectivity index (χ1) is 14.4. The topological polar surface area (TPSA) is 78.4 Å². The lowest BCUT2D eigenvalue weighted by molar-refractivity contribution is -0.142. The summed E-state index contributed by atoms with van der Waals surface area (Å²) < 4.78 is 0. The first kappa shape index (κ1) is 21.2. The van der Waals surface area contributed by atoms with Crippen LogP contribution in [0.25, 0.3) is 10.2 Å². The molecule has 3 heterocycles. The van der Waals surface area contributed by atoms with E-state index in [1.807, 2.05) is 12.1 Å². The van der Waals surface area contributed by atoms with Gasteiger partial charge >= 0.3 is 5.97 Å². The average Bonchev–Trinajstić information content (AvgIpc) is 3.18. The van der Waals surface area contributed by atoms with Gasteiger partial charge in [0.25, 0.3) is 0 Å².